The number of thioether (sulfide) groups is 1. The molecule has 1 N–H and O–H groups in total. The van der Waals surface area contributed by atoms with Crippen molar-refractivity contribution < 1.29 is 0 Å². The number of fused-ring (bicyclic) bond motifs is 1. The molecule has 0 radical (unpaired) electrons. The second kappa shape index (κ2) is 5.57. The summed E-state index contributed by atoms with van der Waals surface area (Å²) in [4.78, 5) is 9.26. The Hall–Kier alpha value is -0.610. The molecule has 1 aliphatic rings. The van der Waals surface area contributed by atoms with Crippen LogP contribution < -0.4 is 5.32 Å². The van der Waals surface area contributed by atoms with Crippen molar-refractivity contribution >= 4 is 11.8 Å². The molecule has 2 rings (SSSR count). The molecule has 1 aromatic heterocycles. The number of nitrogens with zero attached hydrogens (tertiary/aromatic N) is 2. The third-order valence-corrected chi connectivity index (χ3v) is 4.48. The van der Waals surface area contributed by atoms with E-state index in [0.29, 0.717) is 6.04 Å². The molecule has 1 atom stereocenters. The Morgan fingerprint density at radius 3 is 2.89 bits per heavy atom. The number of hydrogen-bond donors (Lipinski definition) is 1. The highest BCUT2D eigenvalue weighted by Gasteiger charge is 2.21. The van der Waals surface area contributed by atoms with E-state index >= 15 is 0 Å². The van der Waals surface area contributed by atoms with Crippen molar-refractivity contribution in [1.82, 2.24) is 15.3 Å². The molecular formula is C14H23N3S. The summed E-state index contributed by atoms with van der Waals surface area (Å²) >= 11 is 1.90. The zero-order valence-electron chi connectivity index (χ0n) is 11.8. The first-order chi connectivity index (χ1) is 8.49. The summed E-state index contributed by atoms with van der Waals surface area (Å²) in [6.07, 6.45) is 5.55. The van der Waals surface area contributed by atoms with Crippen LogP contribution in [0.2, 0.25) is 0 Å². The van der Waals surface area contributed by atoms with Crippen LogP contribution >= 0.6 is 11.8 Å². The van der Waals surface area contributed by atoms with Gasteiger partial charge >= 0.3 is 0 Å². The van der Waals surface area contributed by atoms with Gasteiger partial charge in [0.2, 0.25) is 0 Å². The third-order valence-electron chi connectivity index (χ3n) is 3.21. The third kappa shape index (κ3) is 3.45. The summed E-state index contributed by atoms with van der Waals surface area (Å²) in [5, 5.41) is 3.35. The van der Waals surface area contributed by atoms with E-state index in [1.54, 1.807) is 0 Å². The lowest BCUT2D eigenvalue weighted by Gasteiger charge is -2.24. The summed E-state index contributed by atoms with van der Waals surface area (Å²) in [5.74, 6) is 1.88. The molecular weight excluding hydrogens is 242 g/mol. The van der Waals surface area contributed by atoms with Gasteiger partial charge in [0.25, 0.3) is 0 Å². The van der Waals surface area contributed by atoms with Crippen molar-refractivity contribution in [2.75, 3.05) is 7.05 Å². The number of aryl methyl sites for hydroxylation is 1. The van der Waals surface area contributed by atoms with Crippen molar-refractivity contribution in [2.24, 2.45) is 0 Å². The van der Waals surface area contributed by atoms with Gasteiger partial charge in [-0.1, -0.05) is 20.8 Å². The standard InChI is InChI=1S/C14H23N3S/c1-14(2,3)18-9-13-16-8-10-11(15-4)6-5-7-12(10)17-13/h8,11,15H,5-7,9H2,1-4H3. The second-order valence-electron chi connectivity index (χ2n) is 5.82. The summed E-state index contributed by atoms with van der Waals surface area (Å²) < 4.78 is 0.271. The lowest BCUT2D eigenvalue weighted by molar-refractivity contribution is 0.486. The number of nitrogens with one attached hydrogen (secondary N) is 1. The van der Waals surface area contributed by atoms with Gasteiger partial charge in [-0.25, -0.2) is 9.97 Å². The van der Waals surface area contributed by atoms with Crippen LogP contribution in [-0.4, -0.2) is 21.8 Å². The Morgan fingerprint density at radius 1 is 1.44 bits per heavy atom. The van der Waals surface area contributed by atoms with Crippen molar-refractivity contribution in [3.8, 4) is 0 Å². The van der Waals surface area contributed by atoms with Crippen LogP contribution in [0.5, 0.6) is 0 Å². The van der Waals surface area contributed by atoms with Gasteiger partial charge in [-0.2, -0.15) is 0 Å². The molecule has 0 fully saturated rings. The van der Waals surface area contributed by atoms with Crippen LogP contribution in [0.15, 0.2) is 6.20 Å². The molecule has 1 aliphatic carbocycles. The van der Waals surface area contributed by atoms with Gasteiger partial charge in [0.05, 0.1) is 5.75 Å². The fourth-order valence-corrected chi connectivity index (χ4v) is 2.94. The molecule has 0 saturated carbocycles. The van der Waals surface area contributed by atoms with E-state index in [1.807, 2.05) is 25.0 Å². The van der Waals surface area contributed by atoms with E-state index in [4.69, 9.17) is 4.98 Å². The quantitative estimate of drug-likeness (QED) is 0.911. The Bertz CT molecular complexity index is 412. The first-order valence-electron chi connectivity index (χ1n) is 6.65. The minimum absolute atomic E-state index is 0.271. The first kappa shape index (κ1) is 13.8. The fourth-order valence-electron chi connectivity index (χ4n) is 2.24. The summed E-state index contributed by atoms with van der Waals surface area (Å²) in [5.41, 5.74) is 2.55. The monoisotopic (exact) mass is 265 g/mol. The van der Waals surface area contributed by atoms with Gasteiger partial charge in [0, 0.05) is 28.2 Å². The van der Waals surface area contributed by atoms with Crippen LogP contribution in [0, 0.1) is 0 Å². The largest absolute Gasteiger partial charge is 0.313 e. The highest BCUT2D eigenvalue weighted by molar-refractivity contribution is 7.99. The predicted molar refractivity (Wildman–Crippen MR) is 77.8 cm³/mol. The zero-order valence-corrected chi connectivity index (χ0v) is 12.6. The minimum Gasteiger partial charge on any atom is -0.313 e. The Labute approximate surface area is 114 Å². The average Bonchev–Trinajstić information content (AvgIpc) is 2.34. The molecule has 1 aromatic rings. The molecule has 0 aromatic carbocycles. The van der Waals surface area contributed by atoms with E-state index in [9.17, 15) is 0 Å². The number of rotatable bonds is 3. The maximum Gasteiger partial charge on any atom is 0.138 e. The van der Waals surface area contributed by atoms with Crippen LogP contribution in [0.3, 0.4) is 0 Å². The average molecular weight is 265 g/mol. The van der Waals surface area contributed by atoms with Gasteiger partial charge in [0.1, 0.15) is 5.82 Å². The summed E-state index contributed by atoms with van der Waals surface area (Å²) in [7, 11) is 2.02. The van der Waals surface area contributed by atoms with Gasteiger partial charge in [-0.05, 0) is 26.3 Å². The Balaban J connectivity index is 2.12. The molecule has 0 spiro atoms. The molecule has 3 nitrogen and oxygen atoms in total. The number of hydrogen-bond acceptors (Lipinski definition) is 4. The molecule has 0 amide bonds. The predicted octanol–water partition coefficient (Wildman–Crippen LogP) is 3.11. The summed E-state index contributed by atoms with van der Waals surface area (Å²) in [6, 6.07) is 0.443. The van der Waals surface area contributed by atoms with Gasteiger partial charge in [0.15, 0.2) is 0 Å². The lowest BCUT2D eigenvalue weighted by Crippen LogP contribution is -2.23. The molecule has 4 heteroatoms. The van der Waals surface area contributed by atoms with E-state index in [2.05, 4.69) is 31.1 Å². The van der Waals surface area contributed by atoms with Crippen molar-refractivity contribution in [3.63, 3.8) is 0 Å². The molecule has 1 heterocycles. The van der Waals surface area contributed by atoms with E-state index in [0.717, 1.165) is 18.0 Å². The number of aromatic nitrogens is 2. The normalized spacial score (nSPS) is 19.7. The van der Waals surface area contributed by atoms with Crippen LogP contribution in [0.1, 0.15) is 56.7 Å². The SMILES string of the molecule is CNC1CCCc2nc(CSC(C)(C)C)ncc21. The van der Waals surface area contributed by atoms with Crippen molar-refractivity contribution in [3.05, 3.63) is 23.3 Å². The van der Waals surface area contributed by atoms with E-state index < -0.39 is 0 Å². The molecule has 1 unspecified atom stereocenters. The van der Waals surface area contributed by atoms with E-state index in [-0.39, 0.29) is 4.75 Å². The smallest absolute Gasteiger partial charge is 0.138 e. The molecule has 0 aliphatic heterocycles. The van der Waals surface area contributed by atoms with Gasteiger partial charge in [-0.15, -0.1) is 11.8 Å². The molecule has 0 saturated heterocycles. The highest BCUT2D eigenvalue weighted by atomic mass is 32.2. The van der Waals surface area contributed by atoms with E-state index in [1.165, 1.54) is 24.1 Å². The van der Waals surface area contributed by atoms with Gasteiger partial charge < -0.3 is 5.32 Å². The minimum atomic E-state index is 0.271. The topological polar surface area (TPSA) is 37.8 Å². The van der Waals surface area contributed by atoms with Gasteiger partial charge in [-0.3, -0.25) is 0 Å². The lowest BCUT2D eigenvalue weighted by atomic mass is 9.92. The van der Waals surface area contributed by atoms with Crippen molar-refractivity contribution in [2.45, 2.75) is 56.6 Å². The Morgan fingerprint density at radius 2 is 2.22 bits per heavy atom. The first-order valence-corrected chi connectivity index (χ1v) is 7.64. The fraction of sp³-hybridized carbons (Fsp3) is 0.714. The summed E-state index contributed by atoms with van der Waals surface area (Å²) in [6.45, 7) is 6.69. The second-order valence-corrected chi connectivity index (χ2v) is 7.62. The maximum absolute atomic E-state index is 4.74. The highest BCUT2D eigenvalue weighted by Crippen LogP contribution is 2.29. The molecule has 0 bridgehead atoms. The van der Waals surface area contributed by atoms with Crippen LogP contribution in [-0.2, 0) is 12.2 Å². The molecule has 100 valence electrons. The van der Waals surface area contributed by atoms with Crippen LogP contribution in [0.25, 0.3) is 0 Å². The molecule has 18 heavy (non-hydrogen) atoms. The maximum atomic E-state index is 4.74. The van der Waals surface area contributed by atoms with Crippen molar-refractivity contribution in [1.29, 1.82) is 0 Å². The van der Waals surface area contributed by atoms with Crippen LogP contribution in [0.4, 0.5) is 0 Å². The zero-order chi connectivity index (χ0) is 13.2. The Kier molecular flexibility index (Phi) is 4.28.